The van der Waals surface area contributed by atoms with E-state index in [-0.39, 0.29) is 11.3 Å². The molecule has 0 amide bonds. The highest BCUT2D eigenvalue weighted by Crippen LogP contribution is 2.47. The number of hydrogen-bond donors (Lipinski definition) is 0. The van der Waals surface area contributed by atoms with Crippen LogP contribution in [0.5, 0.6) is 0 Å². The largest absolute Gasteiger partial charge is 0.318 e. The zero-order valence-electron chi connectivity index (χ0n) is 13.6. The summed E-state index contributed by atoms with van der Waals surface area (Å²) in [5, 5.41) is 22.4. The fraction of sp³-hybridized carbons (Fsp3) is 0. The second-order valence-electron chi connectivity index (χ2n) is 5.86. The molecule has 132 valence electrons. The van der Waals surface area contributed by atoms with Crippen molar-refractivity contribution >= 4 is 34.9 Å². The average Bonchev–Trinajstić information content (AvgIpc) is 3.04. The van der Waals surface area contributed by atoms with Crippen LogP contribution >= 0.6 is 11.8 Å². The smallest absolute Gasteiger partial charge is 0.282 e. The highest BCUT2D eigenvalue weighted by Gasteiger charge is 2.38. The van der Waals surface area contributed by atoms with Gasteiger partial charge in [-0.2, -0.15) is 0 Å². The van der Waals surface area contributed by atoms with Crippen LogP contribution in [0.15, 0.2) is 75.7 Å². The predicted molar refractivity (Wildman–Crippen MR) is 100 cm³/mol. The van der Waals surface area contributed by atoms with E-state index in [4.69, 9.17) is 0 Å². The Bertz CT molecular complexity index is 1120. The molecule has 27 heavy (non-hydrogen) atoms. The van der Waals surface area contributed by atoms with Gasteiger partial charge in [-0.25, -0.2) is 0 Å². The second-order valence-corrected chi connectivity index (χ2v) is 6.97. The lowest BCUT2D eigenvalue weighted by atomic mass is 9.94. The highest BCUT2D eigenvalue weighted by atomic mass is 32.2. The van der Waals surface area contributed by atoms with Gasteiger partial charge in [0.2, 0.25) is 0 Å². The van der Waals surface area contributed by atoms with Gasteiger partial charge in [-0.15, -0.1) is 0 Å². The van der Waals surface area contributed by atoms with Gasteiger partial charge in [0, 0.05) is 39.2 Å². The van der Waals surface area contributed by atoms with E-state index in [0.717, 1.165) is 4.90 Å². The molecule has 2 aliphatic carbocycles. The van der Waals surface area contributed by atoms with E-state index < -0.39 is 21.3 Å². The van der Waals surface area contributed by atoms with Gasteiger partial charge in [-0.3, -0.25) is 25.0 Å². The maximum atomic E-state index is 12.6. The van der Waals surface area contributed by atoms with Gasteiger partial charge in [0.05, 0.1) is 9.85 Å². The number of carbonyl (C=O) groups excluding carboxylic acids is 1. The maximum absolute atomic E-state index is 12.6. The summed E-state index contributed by atoms with van der Waals surface area (Å²) < 4.78 is 0. The van der Waals surface area contributed by atoms with Gasteiger partial charge in [0.1, 0.15) is 0 Å². The van der Waals surface area contributed by atoms with Gasteiger partial charge in [-0.1, -0.05) is 30.0 Å². The Balaban J connectivity index is 1.91. The zero-order valence-corrected chi connectivity index (χ0v) is 14.4. The molecule has 0 unspecified atom stereocenters. The Morgan fingerprint density at radius 2 is 1.63 bits per heavy atom. The summed E-state index contributed by atoms with van der Waals surface area (Å²) in [6.45, 7) is 0. The molecule has 0 aliphatic heterocycles. The Kier molecular flexibility index (Phi) is 3.97. The van der Waals surface area contributed by atoms with E-state index in [1.54, 1.807) is 6.07 Å². The molecule has 0 bridgehead atoms. The van der Waals surface area contributed by atoms with Crippen LogP contribution in [-0.2, 0) is 4.79 Å². The van der Waals surface area contributed by atoms with Gasteiger partial charge < -0.3 is 0 Å². The Hall–Kier alpha value is -3.52. The lowest BCUT2D eigenvalue weighted by Gasteiger charge is -2.15. The quantitative estimate of drug-likeness (QED) is 0.582. The number of nitro groups is 2. The second kappa shape index (κ2) is 6.33. The van der Waals surface area contributed by atoms with E-state index in [1.165, 1.54) is 36.0 Å². The molecule has 0 radical (unpaired) electrons. The first kappa shape index (κ1) is 16.9. The van der Waals surface area contributed by atoms with Gasteiger partial charge in [0.15, 0.2) is 0 Å². The van der Waals surface area contributed by atoms with Crippen LogP contribution < -0.4 is 0 Å². The minimum Gasteiger partial charge on any atom is -0.282 e. The molecule has 0 heterocycles. The van der Waals surface area contributed by atoms with Crippen molar-refractivity contribution in [3.63, 3.8) is 0 Å². The SMILES string of the molecule is O=C1C2=Cc3cc([N+](=O)[O-])ccc3C2=C(Sc2ccccc2)C=C1[N+](=O)[O-]. The molecule has 2 aromatic rings. The fourth-order valence-corrected chi connectivity index (χ4v) is 4.10. The van der Waals surface area contributed by atoms with E-state index in [0.29, 0.717) is 21.6 Å². The monoisotopic (exact) mass is 378 g/mol. The molecule has 0 atom stereocenters. The number of fused-ring (bicyclic) bond motifs is 3. The third-order valence-corrected chi connectivity index (χ3v) is 5.29. The van der Waals surface area contributed by atoms with E-state index in [9.17, 15) is 25.0 Å². The topological polar surface area (TPSA) is 103 Å². The van der Waals surface area contributed by atoms with Crippen molar-refractivity contribution in [1.29, 1.82) is 0 Å². The van der Waals surface area contributed by atoms with E-state index >= 15 is 0 Å². The molecular formula is C19H10N2O5S. The number of thioether (sulfide) groups is 1. The van der Waals surface area contributed by atoms with Crippen molar-refractivity contribution < 1.29 is 14.6 Å². The van der Waals surface area contributed by atoms with Gasteiger partial charge in [0.25, 0.3) is 11.5 Å². The van der Waals surface area contributed by atoms with Crippen LogP contribution in [0.3, 0.4) is 0 Å². The summed E-state index contributed by atoms with van der Waals surface area (Å²) in [5.41, 5.74) is 1.32. The van der Waals surface area contributed by atoms with Crippen LogP contribution in [0, 0.1) is 20.2 Å². The fourth-order valence-electron chi connectivity index (χ4n) is 3.06. The molecule has 0 fully saturated rings. The number of nitro benzene ring substituents is 1. The first-order chi connectivity index (χ1) is 13.0. The summed E-state index contributed by atoms with van der Waals surface area (Å²) >= 11 is 1.31. The molecule has 0 spiro atoms. The van der Waals surface area contributed by atoms with Crippen molar-refractivity contribution in [2.75, 3.05) is 0 Å². The molecule has 8 heteroatoms. The zero-order chi connectivity index (χ0) is 19.1. The summed E-state index contributed by atoms with van der Waals surface area (Å²) in [7, 11) is 0. The standard InChI is InChI=1S/C19H10N2O5S/c22-19-15-9-11-8-12(20(23)24)6-7-14(11)18(15)17(10-16(19)21(25)26)27-13-4-2-1-3-5-13/h1-10H. The molecule has 2 aromatic carbocycles. The summed E-state index contributed by atoms with van der Waals surface area (Å²) in [6, 6.07) is 13.6. The summed E-state index contributed by atoms with van der Waals surface area (Å²) in [4.78, 5) is 35.2. The van der Waals surface area contributed by atoms with Crippen LogP contribution in [0.2, 0.25) is 0 Å². The van der Waals surface area contributed by atoms with Crippen molar-refractivity contribution in [2.24, 2.45) is 0 Å². The predicted octanol–water partition coefficient (Wildman–Crippen LogP) is 4.24. The first-order valence-electron chi connectivity index (χ1n) is 7.84. The van der Waals surface area contributed by atoms with Crippen LogP contribution in [0.1, 0.15) is 11.1 Å². The number of Topliss-reactive ketones (excluding diaryl/α,β-unsaturated/α-hetero) is 1. The van der Waals surface area contributed by atoms with Crippen molar-refractivity contribution in [2.45, 2.75) is 4.90 Å². The number of hydrogen-bond acceptors (Lipinski definition) is 6. The normalized spacial score (nSPS) is 15.0. The van der Waals surface area contributed by atoms with Crippen LogP contribution in [-0.4, -0.2) is 15.6 Å². The number of benzene rings is 2. The molecular weight excluding hydrogens is 368 g/mol. The lowest BCUT2D eigenvalue weighted by Crippen LogP contribution is -2.17. The van der Waals surface area contributed by atoms with Crippen molar-refractivity contribution in [3.8, 4) is 0 Å². The minimum absolute atomic E-state index is 0.1000. The number of nitrogens with zero attached hydrogens (tertiary/aromatic N) is 2. The van der Waals surface area contributed by atoms with Crippen LogP contribution in [0.25, 0.3) is 11.6 Å². The Labute approximate surface area is 157 Å². The van der Waals surface area contributed by atoms with Crippen molar-refractivity contribution in [1.82, 2.24) is 0 Å². The number of rotatable bonds is 4. The van der Waals surface area contributed by atoms with Crippen LogP contribution in [0.4, 0.5) is 5.69 Å². The molecule has 2 aliphatic rings. The van der Waals surface area contributed by atoms with Gasteiger partial charge in [-0.05, 0) is 35.4 Å². The van der Waals surface area contributed by atoms with Crippen molar-refractivity contribution in [3.05, 3.63) is 102 Å². The van der Waals surface area contributed by atoms with E-state index in [2.05, 4.69) is 0 Å². The molecule has 0 aromatic heterocycles. The molecule has 0 N–H and O–H groups in total. The van der Waals surface area contributed by atoms with E-state index in [1.807, 2.05) is 30.3 Å². The number of ketones is 1. The molecule has 0 saturated carbocycles. The number of allylic oxidation sites excluding steroid dienone is 3. The third-order valence-electron chi connectivity index (χ3n) is 4.24. The Morgan fingerprint density at radius 1 is 0.889 bits per heavy atom. The maximum Gasteiger partial charge on any atom is 0.318 e. The molecule has 0 saturated heterocycles. The molecule has 4 rings (SSSR count). The highest BCUT2D eigenvalue weighted by molar-refractivity contribution is 8.03. The number of carbonyl (C=O) groups is 1. The average molecular weight is 378 g/mol. The summed E-state index contributed by atoms with van der Waals surface area (Å²) in [6.07, 6.45) is 2.77. The lowest BCUT2D eigenvalue weighted by molar-refractivity contribution is -0.418. The first-order valence-corrected chi connectivity index (χ1v) is 8.66. The third kappa shape index (κ3) is 2.85. The summed E-state index contributed by atoms with van der Waals surface area (Å²) in [5.74, 6) is -0.689. The number of non-ortho nitro benzene ring substituents is 1. The van der Waals surface area contributed by atoms with Gasteiger partial charge >= 0.3 is 5.70 Å². The minimum atomic E-state index is -0.697. The Morgan fingerprint density at radius 3 is 2.30 bits per heavy atom. The molecule has 7 nitrogen and oxygen atoms in total.